The highest BCUT2D eigenvalue weighted by atomic mass is 28.3. The van der Waals surface area contributed by atoms with Gasteiger partial charge in [0, 0.05) is 10.9 Å². The third kappa shape index (κ3) is 4.03. The fraction of sp³-hybridized carbons (Fsp3) is 0. The molecule has 0 saturated carbocycles. The molecule has 0 fully saturated rings. The molecule has 0 aliphatic carbocycles. The van der Waals surface area contributed by atoms with Crippen LogP contribution in [0.5, 0.6) is 0 Å². The first-order valence-electron chi connectivity index (χ1n) is 14.8. The number of nitrogens with zero attached hydrogens (tertiary/aromatic N) is 1. The number of aromatic nitrogens is 1. The lowest BCUT2D eigenvalue weighted by Gasteiger charge is -2.36. The van der Waals surface area contributed by atoms with E-state index in [0.29, 0.717) is 0 Å². The molecule has 8 aromatic rings. The summed E-state index contributed by atoms with van der Waals surface area (Å²) in [7, 11) is -2.82. The zero-order valence-electron chi connectivity index (χ0n) is 23.7. The van der Waals surface area contributed by atoms with Crippen LogP contribution in [0.3, 0.4) is 0 Å². The van der Waals surface area contributed by atoms with Crippen LogP contribution in [0.2, 0.25) is 0 Å². The summed E-state index contributed by atoms with van der Waals surface area (Å²) in [5.74, 6) is 0. The third-order valence-electron chi connectivity index (χ3n) is 8.78. The minimum atomic E-state index is -2.82. The summed E-state index contributed by atoms with van der Waals surface area (Å²) in [5, 5.41) is 11.7. The maximum atomic E-state index is 5.22. The highest BCUT2D eigenvalue weighted by molar-refractivity contribution is 7.21. The summed E-state index contributed by atoms with van der Waals surface area (Å²) >= 11 is 0. The van der Waals surface area contributed by atoms with E-state index in [1.54, 1.807) is 0 Å². The molecule has 1 nitrogen and oxygen atoms in total. The average molecular weight is 564 g/mol. The molecule has 0 spiro atoms. The van der Waals surface area contributed by atoms with E-state index in [-0.39, 0.29) is 0 Å². The van der Waals surface area contributed by atoms with Gasteiger partial charge in [0.1, 0.15) is 0 Å². The van der Waals surface area contributed by atoms with Crippen LogP contribution in [0.25, 0.3) is 43.7 Å². The molecular formula is C41H29NSi. The van der Waals surface area contributed by atoms with Gasteiger partial charge in [-0.25, -0.2) is 4.98 Å². The van der Waals surface area contributed by atoms with Crippen LogP contribution in [0.4, 0.5) is 0 Å². The fourth-order valence-corrected chi connectivity index (χ4v) is 12.2. The van der Waals surface area contributed by atoms with Gasteiger partial charge in [-0.3, -0.25) is 0 Å². The summed E-state index contributed by atoms with van der Waals surface area (Å²) < 4.78 is 0. The second kappa shape index (κ2) is 10.5. The van der Waals surface area contributed by atoms with Crippen molar-refractivity contribution in [2.75, 3.05) is 0 Å². The molecule has 8 rings (SSSR count). The van der Waals surface area contributed by atoms with Crippen molar-refractivity contribution >= 4 is 61.3 Å². The molecule has 0 unspecified atom stereocenters. The summed E-state index contributed by atoms with van der Waals surface area (Å²) in [6.07, 6.45) is 0. The molecule has 2 heteroatoms. The summed E-state index contributed by atoms with van der Waals surface area (Å²) in [6, 6.07) is 64.3. The normalized spacial score (nSPS) is 11.7. The maximum absolute atomic E-state index is 5.22. The maximum Gasteiger partial charge on any atom is 0.180 e. The first-order chi connectivity index (χ1) is 21.4. The van der Waals surface area contributed by atoms with Crippen molar-refractivity contribution in [3.63, 3.8) is 0 Å². The molecule has 1 heterocycles. The predicted molar refractivity (Wildman–Crippen MR) is 186 cm³/mol. The number of fused-ring (bicyclic) bond motifs is 3. The zero-order chi connectivity index (χ0) is 28.6. The molecule has 1 aromatic heterocycles. The molecule has 0 bridgehead atoms. The number of hydrogen-bond acceptors (Lipinski definition) is 1. The van der Waals surface area contributed by atoms with Gasteiger partial charge in [-0.1, -0.05) is 164 Å². The topological polar surface area (TPSA) is 12.9 Å². The predicted octanol–water partition coefficient (Wildman–Crippen LogP) is 7.59. The van der Waals surface area contributed by atoms with E-state index in [2.05, 4.69) is 176 Å². The van der Waals surface area contributed by atoms with Gasteiger partial charge < -0.3 is 0 Å². The first kappa shape index (κ1) is 25.4. The molecule has 0 saturated heterocycles. The van der Waals surface area contributed by atoms with E-state index in [0.717, 1.165) is 16.6 Å². The number of benzene rings is 7. The lowest BCUT2D eigenvalue weighted by Crippen LogP contribution is -2.75. The van der Waals surface area contributed by atoms with Gasteiger partial charge in [0.15, 0.2) is 8.07 Å². The Morgan fingerprint density at radius 3 is 1.28 bits per heavy atom. The molecule has 7 aromatic carbocycles. The second-order valence-corrected chi connectivity index (χ2v) is 14.8. The second-order valence-electron chi connectivity index (χ2n) is 11.1. The van der Waals surface area contributed by atoms with Crippen LogP contribution < -0.4 is 20.7 Å². The SMILES string of the molecule is c1ccc([Si](c2ccccc2)(c2ccccc2)c2c3ccccc3c(-c3ccc4ccccc4n3)c3ccccc23)cc1. The summed E-state index contributed by atoms with van der Waals surface area (Å²) in [6.45, 7) is 0. The van der Waals surface area contributed by atoms with E-state index < -0.39 is 8.07 Å². The van der Waals surface area contributed by atoms with Gasteiger partial charge in [0.05, 0.1) is 11.2 Å². The average Bonchev–Trinajstić information content (AvgIpc) is 3.09. The van der Waals surface area contributed by atoms with Crippen LogP contribution in [-0.2, 0) is 0 Å². The van der Waals surface area contributed by atoms with E-state index in [1.165, 1.54) is 47.9 Å². The van der Waals surface area contributed by atoms with E-state index in [9.17, 15) is 0 Å². The van der Waals surface area contributed by atoms with Crippen molar-refractivity contribution in [2.24, 2.45) is 0 Å². The lowest BCUT2D eigenvalue weighted by atomic mass is 9.94. The molecule has 0 aliphatic rings. The first-order valence-corrected chi connectivity index (χ1v) is 16.8. The molecule has 43 heavy (non-hydrogen) atoms. The van der Waals surface area contributed by atoms with Gasteiger partial charge in [0.2, 0.25) is 0 Å². The Hall–Kier alpha value is -5.31. The van der Waals surface area contributed by atoms with Crippen LogP contribution in [0.15, 0.2) is 176 Å². The number of para-hydroxylation sites is 1. The van der Waals surface area contributed by atoms with Gasteiger partial charge in [-0.2, -0.15) is 0 Å². The Morgan fingerprint density at radius 2 is 0.767 bits per heavy atom. The number of rotatable bonds is 5. The molecular weight excluding hydrogens is 535 g/mol. The van der Waals surface area contributed by atoms with Crippen molar-refractivity contribution in [3.05, 3.63) is 176 Å². The Morgan fingerprint density at radius 1 is 0.349 bits per heavy atom. The smallest absolute Gasteiger partial charge is 0.180 e. The highest BCUT2D eigenvalue weighted by Crippen LogP contribution is 2.36. The molecule has 0 atom stereocenters. The Kier molecular flexibility index (Phi) is 6.21. The van der Waals surface area contributed by atoms with Crippen molar-refractivity contribution in [1.29, 1.82) is 0 Å². The molecule has 0 aliphatic heterocycles. The number of hydrogen-bond donors (Lipinski definition) is 0. The van der Waals surface area contributed by atoms with Gasteiger partial charge in [0.25, 0.3) is 0 Å². The Labute approximate surface area is 252 Å². The van der Waals surface area contributed by atoms with E-state index >= 15 is 0 Å². The van der Waals surface area contributed by atoms with Crippen LogP contribution in [0.1, 0.15) is 0 Å². The fourth-order valence-electron chi connectivity index (χ4n) is 7.01. The Balaban J connectivity index is 1.60. The molecule has 0 amide bonds. The molecule has 0 radical (unpaired) electrons. The van der Waals surface area contributed by atoms with Crippen LogP contribution in [-0.4, -0.2) is 13.1 Å². The summed E-state index contributed by atoms with van der Waals surface area (Å²) in [5.41, 5.74) is 3.21. The van der Waals surface area contributed by atoms with Crippen LogP contribution in [0, 0.1) is 0 Å². The van der Waals surface area contributed by atoms with Crippen molar-refractivity contribution in [1.82, 2.24) is 4.98 Å². The minimum Gasteiger partial charge on any atom is -0.248 e. The van der Waals surface area contributed by atoms with E-state index in [1.807, 2.05) is 0 Å². The van der Waals surface area contributed by atoms with E-state index in [4.69, 9.17) is 4.98 Å². The molecule has 202 valence electrons. The Bertz CT molecular complexity index is 2070. The lowest BCUT2D eigenvalue weighted by molar-refractivity contribution is 1.42. The largest absolute Gasteiger partial charge is 0.248 e. The van der Waals surface area contributed by atoms with Crippen molar-refractivity contribution in [2.45, 2.75) is 0 Å². The van der Waals surface area contributed by atoms with Crippen LogP contribution >= 0.6 is 0 Å². The third-order valence-corrected chi connectivity index (χ3v) is 13.7. The zero-order valence-corrected chi connectivity index (χ0v) is 24.7. The molecule has 0 N–H and O–H groups in total. The van der Waals surface area contributed by atoms with Gasteiger partial charge >= 0.3 is 0 Å². The summed E-state index contributed by atoms with van der Waals surface area (Å²) in [4.78, 5) is 5.22. The monoisotopic (exact) mass is 563 g/mol. The standard InChI is InChI=1S/C41H29NSi/c1-4-17-31(18-5-1)43(32-19-6-2-7-20-32,33-21-8-3-9-22-33)41-36-25-13-11-23-34(36)40(35-24-12-14-26-37(35)41)39-29-28-30-16-10-15-27-38(30)42-39/h1-29H. The highest BCUT2D eigenvalue weighted by Gasteiger charge is 2.44. The minimum absolute atomic E-state index is 1.00. The van der Waals surface area contributed by atoms with Crippen molar-refractivity contribution in [3.8, 4) is 11.3 Å². The quantitative estimate of drug-likeness (QED) is 0.119. The van der Waals surface area contributed by atoms with Gasteiger partial charge in [-0.15, -0.1) is 0 Å². The number of pyridine rings is 1. The van der Waals surface area contributed by atoms with Gasteiger partial charge in [-0.05, 0) is 54.4 Å². The van der Waals surface area contributed by atoms with Crippen molar-refractivity contribution < 1.29 is 0 Å².